The standard InChI is InChI=1S/C24H24N4O3/c1-15(29)24(2,18-8-19(30-4)11-20(9-18)31-5)17-6-7-21-22(10-17)27-23(13-25-21)16-12-26-28(3)14-16/h6-14H,1-5H3. The summed E-state index contributed by atoms with van der Waals surface area (Å²) in [7, 11) is 5.04. The van der Waals surface area contributed by atoms with Crippen LogP contribution in [0.1, 0.15) is 25.0 Å². The van der Waals surface area contributed by atoms with Crippen LogP contribution in [0.2, 0.25) is 0 Å². The summed E-state index contributed by atoms with van der Waals surface area (Å²) in [6.45, 7) is 3.50. The molecule has 4 aromatic rings. The summed E-state index contributed by atoms with van der Waals surface area (Å²) in [5, 5.41) is 4.21. The van der Waals surface area contributed by atoms with Gasteiger partial charge in [-0.15, -0.1) is 0 Å². The number of hydrogen-bond donors (Lipinski definition) is 0. The summed E-state index contributed by atoms with van der Waals surface area (Å²) in [4.78, 5) is 22.3. The Kier molecular flexibility index (Phi) is 5.19. The van der Waals surface area contributed by atoms with Gasteiger partial charge in [-0.2, -0.15) is 5.10 Å². The number of benzene rings is 2. The molecule has 4 rings (SSSR count). The second kappa shape index (κ2) is 7.83. The number of nitrogens with zero attached hydrogens (tertiary/aromatic N) is 4. The highest BCUT2D eigenvalue weighted by molar-refractivity contribution is 5.93. The average molecular weight is 416 g/mol. The molecule has 0 fully saturated rings. The van der Waals surface area contributed by atoms with Gasteiger partial charge < -0.3 is 9.47 Å². The highest BCUT2D eigenvalue weighted by Gasteiger charge is 2.35. The normalized spacial score (nSPS) is 13.1. The van der Waals surface area contributed by atoms with Gasteiger partial charge in [0.05, 0.1) is 48.8 Å². The molecule has 2 heterocycles. The molecular weight excluding hydrogens is 392 g/mol. The maximum Gasteiger partial charge on any atom is 0.144 e. The smallest absolute Gasteiger partial charge is 0.144 e. The fraction of sp³-hybridized carbons (Fsp3) is 0.250. The number of rotatable bonds is 6. The Hall–Kier alpha value is -3.74. The van der Waals surface area contributed by atoms with E-state index >= 15 is 0 Å². The van der Waals surface area contributed by atoms with Crippen molar-refractivity contribution in [1.82, 2.24) is 19.7 Å². The van der Waals surface area contributed by atoms with Crippen molar-refractivity contribution in [3.05, 3.63) is 66.1 Å². The van der Waals surface area contributed by atoms with Gasteiger partial charge in [0, 0.05) is 24.9 Å². The van der Waals surface area contributed by atoms with Gasteiger partial charge >= 0.3 is 0 Å². The second-order valence-electron chi connectivity index (χ2n) is 7.64. The first kappa shape index (κ1) is 20.5. The van der Waals surface area contributed by atoms with E-state index < -0.39 is 5.41 Å². The number of hydrogen-bond acceptors (Lipinski definition) is 6. The number of aromatic nitrogens is 4. The van der Waals surface area contributed by atoms with Gasteiger partial charge in [0.1, 0.15) is 17.3 Å². The molecule has 1 atom stereocenters. The highest BCUT2D eigenvalue weighted by Crippen LogP contribution is 2.38. The number of methoxy groups -OCH3 is 2. The quantitative estimate of drug-likeness (QED) is 0.474. The zero-order valence-electron chi connectivity index (χ0n) is 18.2. The van der Waals surface area contributed by atoms with Crippen LogP contribution in [0.4, 0.5) is 0 Å². The predicted molar refractivity (Wildman–Crippen MR) is 118 cm³/mol. The molecule has 31 heavy (non-hydrogen) atoms. The van der Waals surface area contributed by atoms with Crippen molar-refractivity contribution < 1.29 is 14.3 Å². The molecule has 1 unspecified atom stereocenters. The monoisotopic (exact) mass is 416 g/mol. The molecule has 0 N–H and O–H groups in total. The molecule has 0 aliphatic rings. The van der Waals surface area contributed by atoms with Crippen molar-refractivity contribution in [1.29, 1.82) is 0 Å². The molecule has 2 aromatic carbocycles. The van der Waals surface area contributed by atoms with Crippen LogP contribution in [0.15, 0.2) is 55.0 Å². The minimum Gasteiger partial charge on any atom is -0.497 e. The van der Waals surface area contributed by atoms with E-state index in [0.717, 1.165) is 27.9 Å². The molecule has 7 heteroatoms. The molecule has 0 saturated carbocycles. The molecule has 7 nitrogen and oxygen atoms in total. The van der Waals surface area contributed by atoms with E-state index in [0.29, 0.717) is 17.0 Å². The van der Waals surface area contributed by atoms with Gasteiger partial charge in [-0.3, -0.25) is 14.5 Å². The maximum atomic E-state index is 13.0. The second-order valence-corrected chi connectivity index (χ2v) is 7.64. The summed E-state index contributed by atoms with van der Waals surface area (Å²) in [6.07, 6.45) is 5.37. The summed E-state index contributed by atoms with van der Waals surface area (Å²) in [5.74, 6) is 1.25. The first-order chi connectivity index (χ1) is 14.8. The Balaban J connectivity index is 1.88. The summed E-state index contributed by atoms with van der Waals surface area (Å²) in [5.41, 5.74) is 3.76. The average Bonchev–Trinajstić information content (AvgIpc) is 3.23. The number of carbonyl (C=O) groups is 1. The van der Waals surface area contributed by atoms with E-state index in [9.17, 15) is 4.79 Å². The largest absolute Gasteiger partial charge is 0.497 e. The van der Waals surface area contributed by atoms with Crippen LogP contribution >= 0.6 is 0 Å². The molecule has 0 bridgehead atoms. The molecule has 0 spiro atoms. The van der Waals surface area contributed by atoms with E-state index in [2.05, 4.69) is 10.1 Å². The summed E-state index contributed by atoms with van der Waals surface area (Å²) in [6, 6.07) is 11.3. The third-order valence-electron chi connectivity index (χ3n) is 5.75. The lowest BCUT2D eigenvalue weighted by Gasteiger charge is -2.29. The Bertz CT molecular complexity index is 1260. The van der Waals surface area contributed by atoms with Gasteiger partial charge in [-0.05, 0) is 49.2 Å². The zero-order chi connectivity index (χ0) is 22.2. The molecule has 0 saturated heterocycles. The van der Waals surface area contributed by atoms with Gasteiger partial charge in [0.25, 0.3) is 0 Å². The number of carbonyl (C=O) groups excluding carboxylic acids is 1. The van der Waals surface area contributed by atoms with E-state index in [4.69, 9.17) is 14.5 Å². The molecule has 0 aliphatic heterocycles. The van der Waals surface area contributed by atoms with Crippen molar-refractivity contribution in [2.24, 2.45) is 7.05 Å². The van der Waals surface area contributed by atoms with Gasteiger partial charge in [-0.25, -0.2) is 4.98 Å². The van der Waals surface area contributed by atoms with Crippen LogP contribution in [-0.4, -0.2) is 39.8 Å². The van der Waals surface area contributed by atoms with Crippen LogP contribution < -0.4 is 9.47 Å². The van der Waals surface area contributed by atoms with E-state index in [-0.39, 0.29) is 5.78 Å². The fourth-order valence-corrected chi connectivity index (χ4v) is 3.68. The van der Waals surface area contributed by atoms with Crippen LogP contribution in [0.3, 0.4) is 0 Å². The third kappa shape index (κ3) is 3.63. The van der Waals surface area contributed by atoms with Gasteiger partial charge in [0.15, 0.2) is 0 Å². The number of ether oxygens (including phenoxy) is 2. The lowest BCUT2D eigenvalue weighted by Crippen LogP contribution is -2.32. The van der Waals surface area contributed by atoms with Crippen LogP contribution in [0.25, 0.3) is 22.3 Å². The van der Waals surface area contributed by atoms with Crippen molar-refractivity contribution in [3.8, 4) is 22.8 Å². The molecule has 2 aromatic heterocycles. The number of ketones is 1. The lowest BCUT2D eigenvalue weighted by molar-refractivity contribution is -0.120. The molecule has 0 radical (unpaired) electrons. The van der Waals surface area contributed by atoms with Gasteiger partial charge in [0.2, 0.25) is 0 Å². The Labute approximate surface area is 180 Å². The number of Topliss-reactive ketones (excluding diaryl/α,β-unsaturated/α-hetero) is 1. The molecule has 0 aliphatic carbocycles. The molecular formula is C24H24N4O3. The van der Waals surface area contributed by atoms with Crippen LogP contribution in [0, 0.1) is 0 Å². The minimum absolute atomic E-state index is 0.00136. The van der Waals surface area contributed by atoms with Crippen molar-refractivity contribution in [2.45, 2.75) is 19.3 Å². The van der Waals surface area contributed by atoms with E-state index in [1.807, 2.05) is 50.5 Å². The zero-order valence-corrected chi connectivity index (χ0v) is 18.2. The first-order valence-electron chi connectivity index (χ1n) is 9.86. The van der Waals surface area contributed by atoms with E-state index in [1.165, 1.54) is 0 Å². The Morgan fingerprint density at radius 3 is 2.26 bits per heavy atom. The Morgan fingerprint density at radius 2 is 1.68 bits per heavy atom. The maximum absolute atomic E-state index is 13.0. The first-order valence-corrected chi connectivity index (χ1v) is 9.86. The number of fused-ring (bicyclic) bond motifs is 1. The third-order valence-corrected chi connectivity index (χ3v) is 5.75. The molecule has 158 valence electrons. The van der Waals surface area contributed by atoms with Crippen molar-refractivity contribution in [2.75, 3.05) is 14.2 Å². The van der Waals surface area contributed by atoms with Crippen molar-refractivity contribution >= 4 is 16.8 Å². The highest BCUT2D eigenvalue weighted by atomic mass is 16.5. The topological polar surface area (TPSA) is 79.1 Å². The van der Waals surface area contributed by atoms with Gasteiger partial charge in [-0.1, -0.05) is 6.07 Å². The van der Waals surface area contributed by atoms with Crippen LogP contribution in [0.5, 0.6) is 11.5 Å². The SMILES string of the molecule is COc1cc(OC)cc(C(C)(C(C)=O)c2ccc3ncc(-c4cnn(C)c4)nc3c2)c1. The fourth-order valence-electron chi connectivity index (χ4n) is 3.68. The van der Waals surface area contributed by atoms with E-state index in [1.54, 1.807) is 44.3 Å². The van der Waals surface area contributed by atoms with Crippen LogP contribution in [-0.2, 0) is 17.3 Å². The Morgan fingerprint density at radius 1 is 0.968 bits per heavy atom. The summed E-state index contributed by atoms with van der Waals surface area (Å²) < 4.78 is 12.6. The summed E-state index contributed by atoms with van der Waals surface area (Å²) >= 11 is 0. The minimum atomic E-state index is -0.915. The predicted octanol–water partition coefficient (Wildman–Crippen LogP) is 3.94. The molecule has 0 amide bonds. The number of aryl methyl sites for hydroxylation is 1. The van der Waals surface area contributed by atoms with Crippen molar-refractivity contribution in [3.63, 3.8) is 0 Å². The lowest BCUT2D eigenvalue weighted by atomic mass is 9.73.